The number of morpholine rings is 2. The Kier molecular flexibility index (Phi) is 3.10. The van der Waals surface area contributed by atoms with Gasteiger partial charge >= 0.3 is 0 Å². The van der Waals surface area contributed by atoms with E-state index in [0.717, 1.165) is 12.2 Å². The van der Waals surface area contributed by atoms with Crippen molar-refractivity contribution < 1.29 is 14.2 Å². The average Bonchev–Trinajstić information content (AvgIpc) is 3.16. The minimum Gasteiger partial charge on any atom is -0.494 e. The first-order valence-electron chi connectivity index (χ1n) is 7.75. The number of ether oxygens (including phenoxy) is 3. The molecule has 4 aliphatic rings. The van der Waals surface area contributed by atoms with Crippen molar-refractivity contribution in [2.75, 3.05) is 42.8 Å². The summed E-state index contributed by atoms with van der Waals surface area (Å²) in [6, 6.07) is 0.486. The van der Waals surface area contributed by atoms with Crippen molar-refractivity contribution in [3.05, 3.63) is 17.2 Å². The van der Waals surface area contributed by atoms with Crippen LogP contribution in [0.3, 0.4) is 0 Å². The lowest BCUT2D eigenvalue weighted by atomic mass is 10.1. The number of hydrogen-bond acceptors (Lipinski definition) is 8. The highest BCUT2D eigenvalue weighted by molar-refractivity contribution is 6.28. The van der Waals surface area contributed by atoms with E-state index in [4.69, 9.17) is 25.8 Å². The molecule has 0 radical (unpaired) electrons. The van der Waals surface area contributed by atoms with Crippen molar-refractivity contribution in [2.45, 2.75) is 24.5 Å². The molecular formula is C14H16ClN5O3. The van der Waals surface area contributed by atoms with E-state index in [0.29, 0.717) is 44.9 Å². The monoisotopic (exact) mass is 337 g/mol. The highest BCUT2D eigenvalue weighted by Crippen LogP contribution is 2.34. The maximum absolute atomic E-state index is 6.18. The second-order valence-corrected chi connectivity index (χ2v) is 6.50. The van der Waals surface area contributed by atoms with E-state index >= 15 is 0 Å². The third-order valence-electron chi connectivity index (χ3n) is 4.65. The summed E-state index contributed by atoms with van der Waals surface area (Å²) in [7, 11) is 0. The number of fused-ring (bicyclic) bond motifs is 4. The third kappa shape index (κ3) is 2.24. The SMILES string of the molecule is Clc1nc(N2C=C3CC2CO3)nc(N2C3COCC2COC3)n1. The van der Waals surface area contributed by atoms with Crippen LogP contribution in [0, 0.1) is 0 Å². The Bertz CT molecular complexity index is 650. The Morgan fingerprint density at radius 2 is 1.61 bits per heavy atom. The fourth-order valence-electron chi connectivity index (χ4n) is 3.59. The minimum absolute atomic E-state index is 0.116. The number of aromatic nitrogens is 3. The molecule has 0 saturated carbocycles. The van der Waals surface area contributed by atoms with Crippen LogP contribution in [0.1, 0.15) is 6.42 Å². The largest absolute Gasteiger partial charge is 0.494 e. The van der Waals surface area contributed by atoms with E-state index in [9.17, 15) is 0 Å². The lowest BCUT2D eigenvalue weighted by Crippen LogP contribution is -2.60. The molecule has 1 atom stereocenters. The van der Waals surface area contributed by atoms with E-state index < -0.39 is 0 Å². The molecule has 3 fully saturated rings. The molecule has 0 aromatic carbocycles. The molecule has 4 bridgehead atoms. The van der Waals surface area contributed by atoms with Crippen LogP contribution in [0.25, 0.3) is 0 Å². The first-order valence-corrected chi connectivity index (χ1v) is 8.13. The molecular weight excluding hydrogens is 322 g/mol. The molecule has 0 spiro atoms. The number of anilines is 2. The topological polar surface area (TPSA) is 72.8 Å². The fraction of sp³-hybridized carbons (Fsp3) is 0.643. The smallest absolute Gasteiger partial charge is 0.236 e. The Labute approximate surface area is 138 Å². The van der Waals surface area contributed by atoms with E-state index in [1.807, 2.05) is 11.1 Å². The molecule has 0 N–H and O–H groups in total. The summed E-state index contributed by atoms with van der Waals surface area (Å²) in [5, 5.41) is 0.206. The zero-order valence-corrected chi connectivity index (χ0v) is 13.1. The number of halogens is 1. The molecule has 8 nitrogen and oxygen atoms in total. The highest BCUT2D eigenvalue weighted by Gasteiger charge is 2.39. The van der Waals surface area contributed by atoms with Gasteiger partial charge in [0.1, 0.15) is 12.4 Å². The zero-order chi connectivity index (χ0) is 15.4. The summed E-state index contributed by atoms with van der Waals surface area (Å²) >= 11 is 6.18. The van der Waals surface area contributed by atoms with E-state index in [-0.39, 0.29) is 23.4 Å². The number of hydrogen-bond donors (Lipinski definition) is 0. The second-order valence-electron chi connectivity index (χ2n) is 6.17. The van der Waals surface area contributed by atoms with Crippen LogP contribution in [-0.2, 0) is 14.2 Å². The van der Waals surface area contributed by atoms with Crippen LogP contribution < -0.4 is 9.80 Å². The van der Waals surface area contributed by atoms with Crippen LogP contribution in [0.4, 0.5) is 11.9 Å². The van der Waals surface area contributed by atoms with Gasteiger partial charge in [0.15, 0.2) is 0 Å². The molecule has 23 heavy (non-hydrogen) atoms. The van der Waals surface area contributed by atoms with Crippen LogP contribution >= 0.6 is 11.6 Å². The third-order valence-corrected chi connectivity index (χ3v) is 4.82. The normalized spacial score (nSPS) is 32.0. The summed E-state index contributed by atoms with van der Waals surface area (Å²) in [5.74, 6) is 2.15. The van der Waals surface area contributed by atoms with Gasteiger partial charge in [-0.2, -0.15) is 15.0 Å². The summed E-state index contributed by atoms with van der Waals surface area (Å²) in [4.78, 5) is 17.5. The molecule has 3 saturated heterocycles. The highest BCUT2D eigenvalue weighted by atomic mass is 35.5. The standard InChI is InChI=1S/C14H16ClN5O3/c15-12-16-13(19-2-11-1-8(19)7-23-11)18-14(17-12)20-9-3-21-5-10(20)6-22-4-9/h2,8-10H,1,3-7H2. The van der Waals surface area contributed by atoms with Crippen LogP contribution in [0.5, 0.6) is 0 Å². The van der Waals surface area contributed by atoms with E-state index in [1.54, 1.807) is 0 Å². The zero-order valence-electron chi connectivity index (χ0n) is 12.4. The van der Waals surface area contributed by atoms with Gasteiger partial charge in [-0.25, -0.2) is 0 Å². The summed E-state index contributed by atoms with van der Waals surface area (Å²) in [6.07, 6.45) is 2.85. The van der Waals surface area contributed by atoms with Gasteiger partial charge in [0.05, 0.1) is 44.6 Å². The summed E-state index contributed by atoms with van der Waals surface area (Å²) < 4.78 is 16.8. The molecule has 1 unspecified atom stereocenters. The van der Waals surface area contributed by atoms with Gasteiger partial charge in [-0.05, 0) is 11.6 Å². The lowest BCUT2D eigenvalue weighted by Gasteiger charge is -2.45. The summed E-state index contributed by atoms with van der Waals surface area (Å²) in [6.45, 7) is 3.11. The van der Waals surface area contributed by atoms with Crippen molar-refractivity contribution in [1.82, 2.24) is 15.0 Å². The van der Waals surface area contributed by atoms with Gasteiger partial charge in [0, 0.05) is 12.6 Å². The Morgan fingerprint density at radius 3 is 2.22 bits per heavy atom. The fourth-order valence-corrected chi connectivity index (χ4v) is 3.74. The Morgan fingerprint density at radius 1 is 0.913 bits per heavy atom. The Hall–Kier alpha value is -1.64. The van der Waals surface area contributed by atoms with E-state index in [2.05, 4.69) is 19.9 Å². The van der Waals surface area contributed by atoms with Gasteiger partial charge in [-0.15, -0.1) is 0 Å². The molecule has 0 aliphatic carbocycles. The Balaban J connectivity index is 1.51. The molecule has 5 heterocycles. The minimum atomic E-state index is 0.116. The van der Waals surface area contributed by atoms with Crippen molar-refractivity contribution in [2.24, 2.45) is 0 Å². The van der Waals surface area contributed by atoms with Gasteiger partial charge in [0.2, 0.25) is 17.2 Å². The van der Waals surface area contributed by atoms with Crippen LogP contribution in [0.2, 0.25) is 5.28 Å². The van der Waals surface area contributed by atoms with Gasteiger partial charge in [-0.3, -0.25) is 0 Å². The maximum Gasteiger partial charge on any atom is 0.236 e. The maximum atomic E-state index is 6.18. The van der Waals surface area contributed by atoms with Gasteiger partial charge < -0.3 is 24.0 Å². The van der Waals surface area contributed by atoms with Crippen LogP contribution in [0.15, 0.2) is 12.0 Å². The second kappa shape index (κ2) is 5.19. The number of rotatable bonds is 2. The molecule has 122 valence electrons. The molecule has 1 aromatic heterocycles. The number of nitrogens with zero attached hydrogens (tertiary/aromatic N) is 5. The van der Waals surface area contributed by atoms with Crippen molar-refractivity contribution in [3.8, 4) is 0 Å². The molecule has 5 rings (SSSR count). The van der Waals surface area contributed by atoms with Crippen molar-refractivity contribution >= 4 is 23.5 Å². The van der Waals surface area contributed by atoms with Gasteiger partial charge in [-0.1, -0.05) is 0 Å². The molecule has 4 aliphatic heterocycles. The van der Waals surface area contributed by atoms with Gasteiger partial charge in [0.25, 0.3) is 0 Å². The quantitative estimate of drug-likeness (QED) is 0.776. The predicted molar refractivity (Wildman–Crippen MR) is 81.4 cm³/mol. The molecule has 1 aromatic rings. The molecule has 9 heteroatoms. The molecule has 0 amide bonds. The van der Waals surface area contributed by atoms with Crippen molar-refractivity contribution in [3.63, 3.8) is 0 Å². The summed E-state index contributed by atoms with van der Waals surface area (Å²) in [5.41, 5.74) is 0. The first-order chi connectivity index (χ1) is 11.3. The lowest BCUT2D eigenvalue weighted by molar-refractivity contribution is -0.0355. The average molecular weight is 338 g/mol. The van der Waals surface area contributed by atoms with Crippen molar-refractivity contribution in [1.29, 1.82) is 0 Å². The van der Waals surface area contributed by atoms with Crippen LogP contribution in [-0.4, -0.2) is 66.1 Å². The van der Waals surface area contributed by atoms with E-state index in [1.165, 1.54) is 0 Å². The predicted octanol–water partition coefficient (Wildman–Crippen LogP) is 0.579. The first kappa shape index (κ1) is 13.8.